The minimum absolute atomic E-state index is 0.428. The van der Waals surface area contributed by atoms with E-state index in [4.69, 9.17) is 14.2 Å². The van der Waals surface area contributed by atoms with Crippen molar-refractivity contribution in [1.29, 1.82) is 0 Å². The Hall–Kier alpha value is -3.77. The largest absolute Gasteiger partial charge is 0.497 e. The van der Waals surface area contributed by atoms with Gasteiger partial charge in [-0.2, -0.15) is 0 Å². The van der Waals surface area contributed by atoms with Crippen LogP contribution in [0.1, 0.15) is 43.4 Å². The number of methoxy groups -OCH3 is 1. The molecule has 38 heavy (non-hydrogen) atoms. The van der Waals surface area contributed by atoms with Gasteiger partial charge in [0.25, 0.3) is 0 Å². The van der Waals surface area contributed by atoms with Crippen molar-refractivity contribution in [2.75, 3.05) is 40.9 Å². The molecule has 0 heterocycles. The van der Waals surface area contributed by atoms with Crippen LogP contribution in [0.25, 0.3) is 5.57 Å². The van der Waals surface area contributed by atoms with Crippen LogP contribution >= 0.6 is 0 Å². The van der Waals surface area contributed by atoms with Crippen LogP contribution in [0.5, 0.6) is 17.2 Å². The minimum atomic E-state index is -0.428. The summed E-state index contributed by atoms with van der Waals surface area (Å²) in [7, 11) is 5.74. The molecular formula is C32H40N2O4. The van der Waals surface area contributed by atoms with Crippen LogP contribution in [0, 0.1) is 0 Å². The van der Waals surface area contributed by atoms with Gasteiger partial charge in [-0.3, -0.25) is 0 Å². The molecule has 0 fully saturated rings. The Labute approximate surface area is 227 Å². The van der Waals surface area contributed by atoms with E-state index in [1.54, 1.807) is 7.11 Å². The van der Waals surface area contributed by atoms with Crippen LogP contribution in [-0.2, 0) is 6.42 Å². The van der Waals surface area contributed by atoms with Crippen molar-refractivity contribution >= 4 is 11.7 Å². The van der Waals surface area contributed by atoms with E-state index in [0.29, 0.717) is 18.9 Å². The van der Waals surface area contributed by atoms with Crippen LogP contribution < -0.4 is 19.5 Å². The molecule has 0 bridgehead atoms. The molecule has 1 amide bonds. The van der Waals surface area contributed by atoms with E-state index in [1.165, 1.54) is 11.1 Å². The van der Waals surface area contributed by atoms with Crippen LogP contribution in [-0.4, -0.2) is 51.9 Å². The number of benzene rings is 3. The molecule has 1 N–H and O–H groups in total. The number of hydrogen-bond donors (Lipinski definition) is 1. The van der Waals surface area contributed by atoms with E-state index in [2.05, 4.69) is 48.3 Å². The van der Waals surface area contributed by atoms with E-state index < -0.39 is 6.09 Å². The van der Waals surface area contributed by atoms with Crippen molar-refractivity contribution in [3.63, 3.8) is 0 Å². The number of nitrogens with one attached hydrogen (secondary N) is 1. The fourth-order valence-electron chi connectivity index (χ4n) is 4.06. The van der Waals surface area contributed by atoms with E-state index in [9.17, 15) is 4.79 Å². The second-order valence-corrected chi connectivity index (χ2v) is 9.55. The molecule has 0 aliphatic carbocycles. The first-order valence-electron chi connectivity index (χ1n) is 13.2. The smallest absolute Gasteiger partial charge is 0.412 e. The highest BCUT2D eigenvalue weighted by molar-refractivity contribution is 5.82. The lowest BCUT2D eigenvalue weighted by molar-refractivity contribution is 0.200. The number of carbonyl (C=O) groups is 1. The van der Waals surface area contributed by atoms with Gasteiger partial charge < -0.3 is 24.4 Å². The summed E-state index contributed by atoms with van der Waals surface area (Å²) < 4.78 is 16.7. The number of amides is 1. The topological polar surface area (TPSA) is 60.0 Å². The summed E-state index contributed by atoms with van der Waals surface area (Å²) in [5.74, 6) is 2.20. The van der Waals surface area contributed by atoms with Gasteiger partial charge in [-0.05, 0) is 92.5 Å². The van der Waals surface area contributed by atoms with E-state index in [1.807, 2.05) is 62.6 Å². The minimum Gasteiger partial charge on any atom is -0.497 e. The standard InChI is InChI=1S/C32H40N2O4/c1-6-7-20-33-32(35)38-30-18-12-27(13-19-30)31(24(2)23-25-8-14-28(36-5)15-9-25)26-10-16-29(17-11-26)37-22-21-34(3)4/h8-19H,6-7,20-23H2,1-5H3,(H,33,35)/b31-24-. The first-order valence-corrected chi connectivity index (χ1v) is 13.2. The number of likely N-dealkylation sites (N-methyl/N-ethyl adjacent to an activating group) is 1. The van der Waals surface area contributed by atoms with Crippen molar-refractivity contribution in [3.8, 4) is 17.2 Å². The SMILES string of the molecule is CCCCNC(=O)Oc1ccc(/C(=C(/C)Cc2ccc(OC)cc2)c2ccc(OCCN(C)C)cc2)cc1. The third-order valence-electron chi connectivity index (χ3n) is 6.16. The first kappa shape index (κ1) is 28.8. The second kappa shape index (κ2) is 14.8. The van der Waals surface area contributed by atoms with E-state index in [0.717, 1.165) is 54.0 Å². The number of nitrogens with zero attached hydrogens (tertiary/aromatic N) is 1. The molecule has 0 aromatic heterocycles. The Morgan fingerprint density at radius 1 is 0.842 bits per heavy atom. The van der Waals surface area contributed by atoms with Gasteiger partial charge in [-0.1, -0.05) is 55.3 Å². The monoisotopic (exact) mass is 516 g/mol. The lowest BCUT2D eigenvalue weighted by atomic mass is 9.90. The molecule has 0 radical (unpaired) electrons. The summed E-state index contributed by atoms with van der Waals surface area (Å²) in [6, 6.07) is 24.1. The summed E-state index contributed by atoms with van der Waals surface area (Å²) >= 11 is 0. The fourth-order valence-corrected chi connectivity index (χ4v) is 4.06. The third kappa shape index (κ3) is 8.96. The molecule has 0 atom stereocenters. The van der Waals surface area contributed by atoms with Crippen molar-refractivity contribution < 1.29 is 19.0 Å². The van der Waals surface area contributed by atoms with Crippen LogP contribution in [0.4, 0.5) is 4.79 Å². The average molecular weight is 517 g/mol. The van der Waals surface area contributed by atoms with Crippen LogP contribution in [0.2, 0.25) is 0 Å². The summed E-state index contributed by atoms with van der Waals surface area (Å²) in [5.41, 5.74) is 5.72. The second-order valence-electron chi connectivity index (χ2n) is 9.55. The number of unbranched alkanes of at least 4 members (excludes halogenated alkanes) is 1. The van der Waals surface area contributed by atoms with Gasteiger partial charge in [0, 0.05) is 13.1 Å². The van der Waals surface area contributed by atoms with Crippen LogP contribution in [0.3, 0.4) is 0 Å². The van der Waals surface area contributed by atoms with Crippen molar-refractivity contribution in [2.24, 2.45) is 0 Å². The van der Waals surface area contributed by atoms with Gasteiger partial charge in [-0.15, -0.1) is 0 Å². The van der Waals surface area contributed by atoms with Gasteiger partial charge in [0.2, 0.25) is 0 Å². The van der Waals surface area contributed by atoms with Gasteiger partial charge in [0.05, 0.1) is 7.11 Å². The zero-order chi connectivity index (χ0) is 27.3. The molecule has 6 heteroatoms. The molecule has 6 nitrogen and oxygen atoms in total. The predicted molar refractivity (Wildman–Crippen MR) is 154 cm³/mol. The average Bonchev–Trinajstić information content (AvgIpc) is 2.91. The molecule has 0 saturated heterocycles. The normalized spacial score (nSPS) is 11.6. The summed E-state index contributed by atoms with van der Waals surface area (Å²) in [4.78, 5) is 14.2. The number of rotatable bonds is 13. The molecular weight excluding hydrogens is 476 g/mol. The van der Waals surface area contributed by atoms with Crippen molar-refractivity contribution in [2.45, 2.75) is 33.1 Å². The molecule has 202 valence electrons. The first-order chi connectivity index (χ1) is 18.4. The molecule has 0 aliphatic rings. The maximum absolute atomic E-state index is 12.1. The quantitative estimate of drug-likeness (QED) is 0.260. The van der Waals surface area contributed by atoms with Crippen molar-refractivity contribution in [1.82, 2.24) is 10.2 Å². The highest BCUT2D eigenvalue weighted by atomic mass is 16.6. The van der Waals surface area contributed by atoms with Gasteiger partial charge >= 0.3 is 6.09 Å². The fraction of sp³-hybridized carbons (Fsp3) is 0.344. The maximum atomic E-state index is 12.1. The highest BCUT2D eigenvalue weighted by Gasteiger charge is 2.12. The molecule has 0 aliphatic heterocycles. The summed E-state index contributed by atoms with van der Waals surface area (Å²) in [6.45, 7) is 6.35. The zero-order valence-corrected chi connectivity index (χ0v) is 23.3. The Kier molecular flexibility index (Phi) is 11.2. The molecule has 0 unspecified atom stereocenters. The van der Waals surface area contributed by atoms with Gasteiger partial charge in [0.15, 0.2) is 0 Å². The molecule has 0 spiro atoms. The third-order valence-corrected chi connectivity index (χ3v) is 6.16. The van der Waals surface area contributed by atoms with Crippen molar-refractivity contribution in [3.05, 3.63) is 95.1 Å². The molecule has 3 aromatic rings. The lowest BCUT2D eigenvalue weighted by Gasteiger charge is -2.16. The number of allylic oxidation sites excluding steroid dienone is 1. The lowest BCUT2D eigenvalue weighted by Crippen LogP contribution is -2.27. The number of carbonyl (C=O) groups excluding carboxylic acids is 1. The predicted octanol–water partition coefficient (Wildman–Crippen LogP) is 6.59. The zero-order valence-electron chi connectivity index (χ0n) is 23.3. The maximum Gasteiger partial charge on any atom is 0.412 e. The van der Waals surface area contributed by atoms with E-state index >= 15 is 0 Å². The Morgan fingerprint density at radius 2 is 1.42 bits per heavy atom. The van der Waals surface area contributed by atoms with Crippen LogP contribution in [0.15, 0.2) is 78.4 Å². The molecule has 0 saturated carbocycles. The summed E-state index contributed by atoms with van der Waals surface area (Å²) in [5, 5.41) is 2.78. The Balaban J connectivity index is 1.85. The highest BCUT2D eigenvalue weighted by Crippen LogP contribution is 2.31. The van der Waals surface area contributed by atoms with Gasteiger partial charge in [0.1, 0.15) is 23.9 Å². The summed E-state index contributed by atoms with van der Waals surface area (Å²) in [6.07, 6.45) is 2.30. The Morgan fingerprint density at radius 3 is 1.97 bits per heavy atom. The van der Waals surface area contributed by atoms with Gasteiger partial charge in [-0.25, -0.2) is 4.79 Å². The molecule has 3 rings (SSSR count). The number of ether oxygens (including phenoxy) is 3. The Bertz CT molecular complexity index is 1170. The number of hydrogen-bond acceptors (Lipinski definition) is 5. The molecule has 3 aromatic carbocycles. The van der Waals surface area contributed by atoms with E-state index in [-0.39, 0.29) is 0 Å².